The second-order valence-electron chi connectivity index (χ2n) is 6.10. The van der Waals surface area contributed by atoms with Crippen LogP contribution >= 0.6 is 11.6 Å². The lowest BCUT2D eigenvalue weighted by atomic mass is 10.2. The number of amides is 1. The van der Waals surface area contributed by atoms with Gasteiger partial charge in [0.15, 0.2) is 0 Å². The summed E-state index contributed by atoms with van der Waals surface area (Å²) in [7, 11) is -0.657. The van der Waals surface area contributed by atoms with Gasteiger partial charge in [0, 0.05) is 16.7 Å². The predicted octanol–water partition coefficient (Wildman–Crippen LogP) is 2.58. The van der Waals surface area contributed by atoms with Crippen molar-refractivity contribution in [2.24, 2.45) is 5.10 Å². The van der Waals surface area contributed by atoms with E-state index >= 15 is 0 Å². The van der Waals surface area contributed by atoms with E-state index < -0.39 is 22.5 Å². The smallest absolute Gasteiger partial charge is 0.260 e. The maximum atomic E-state index is 12.3. The fourth-order valence-electron chi connectivity index (χ4n) is 2.54. The SMILES string of the molecule is COc1ccc(/C=N\NC(=O)CN(c2ccc(Cl)cc2C)S(C)(=O)=O)c(OC)c1. The van der Waals surface area contributed by atoms with Gasteiger partial charge in [0.1, 0.15) is 18.0 Å². The average Bonchev–Trinajstić information content (AvgIpc) is 2.66. The van der Waals surface area contributed by atoms with Crippen LogP contribution in [0.25, 0.3) is 0 Å². The number of benzene rings is 2. The Labute approximate surface area is 175 Å². The third-order valence-electron chi connectivity index (χ3n) is 3.95. The van der Waals surface area contributed by atoms with Crippen LogP contribution in [-0.2, 0) is 14.8 Å². The van der Waals surface area contributed by atoms with Gasteiger partial charge in [0.2, 0.25) is 10.0 Å². The van der Waals surface area contributed by atoms with Crippen LogP contribution in [0.4, 0.5) is 5.69 Å². The van der Waals surface area contributed by atoms with E-state index in [0.29, 0.717) is 33.3 Å². The van der Waals surface area contributed by atoms with Gasteiger partial charge in [-0.3, -0.25) is 9.10 Å². The summed E-state index contributed by atoms with van der Waals surface area (Å²) in [5.41, 5.74) is 3.93. The second-order valence-corrected chi connectivity index (χ2v) is 8.44. The topological polar surface area (TPSA) is 97.3 Å². The number of hydrogen-bond donors (Lipinski definition) is 1. The normalized spacial score (nSPS) is 11.3. The summed E-state index contributed by atoms with van der Waals surface area (Å²) < 4.78 is 35.8. The Morgan fingerprint density at radius 3 is 2.52 bits per heavy atom. The van der Waals surface area contributed by atoms with E-state index in [2.05, 4.69) is 10.5 Å². The summed E-state index contributed by atoms with van der Waals surface area (Å²) in [6.07, 6.45) is 2.42. The highest BCUT2D eigenvalue weighted by Gasteiger charge is 2.22. The highest BCUT2D eigenvalue weighted by Crippen LogP contribution is 2.25. The van der Waals surface area contributed by atoms with E-state index in [-0.39, 0.29) is 0 Å². The number of aryl methyl sites for hydroxylation is 1. The lowest BCUT2D eigenvalue weighted by Crippen LogP contribution is -2.39. The summed E-state index contributed by atoms with van der Waals surface area (Å²) in [6, 6.07) is 9.86. The number of hydrogen-bond acceptors (Lipinski definition) is 6. The van der Waals surface area contributed by atoms with Gasteiger partial charge in [-0.1, -0.05) is 11.6 Å². The van der Waals surface area contributed by atoms with Crippen molar-refractivity contribution in [3.63, 3.8) is 0 Å². The van der Waals surface area contributed by atoms with Gasteiger partial charge in [-0.25, -0.2) is 13.8 Å². The van der Waals surface area contributed by atoms with Crippen molar-refractivity contribution in [3.8, 4) is 11.5 Å². The highest BCUT2D eigenvalue weighted by molar-refractivity contribution is 7.92. The first-order valence-corrected chi connectivity index (χ1v) is 10.7. The molecule has 0 aliphatic heterocycles. The van der Waals surface area contributed by atoms with Gasteiger partial charge in [-0.2, -0.15) is 5.10 Å². The lowest BCUT2D eigenvalue weighted by Gasteiger charge is -2.23. The summed E-state index contributed by atoms with van der Waals surface area (Å²) in [4.78, 5) is 12.3. The molecule has 0 saturated carbocycles. The monoisotopic (exact) mass is 439 g/mol. The van der Waals surface area contributed by atoms with Crippen molar-refractivity contribution >= 4 is 39.4 Å². The minimum absolute atomic E-state index is 0.368. The Morgan fingerprint density at radius 1 is 1.21 bits per heavy atom. The first kappa shape index (κ1) is 22.5. The van der Waals surface area contributed by atoms with Crippen LogP contribution < -0.4 is 19.2 Å². The molecule has 2 rings (SSSR count). The second kappa shape index (κ2) is 9.62. The number of carbonyl (C=O) groups excluding carboxylic acids is 1. The summed E-state index contributed by atoms with van der Waals surface area (Å²) in [5.74, 6) is 0.524. The molecule has 0 spiro atoms. The lowest BCUT2D eigenvalue weighted by molar-refractivity contribution is -0.119. The van der Waals surface area contributed by atoms with Gasteiger partial charge in [0.05, 0.1) is 32.4 Å². The molecular formula is C19H22ClN3O5S. The molecule has 0 fully saturated rings. The fourth-order valence-corrected chi connectivity index (χ4v) is 3.69. The maximum absolute atomic E-state index is 12.3. The molecule has 0 aliphatic rings. The number of sulfonamides is 1. The number of rotatable bonds is 8. The summed E-state index contributed by atoms with van der Waals surface area (Å²) in [5, 5.41) is 4.36. The van der Waals surface area contributed by atoms with E-state index in [9.17, 15) is 13.2 Å². The molecule has 2 aromatic rings. The Morgan fingerprint density at radius 2 is 1.93 bits per heavy atom. The minimum Gasteiger partial charge on any atom is -0.497 e. The molecule has 0 radical (unpaired) electrons. The number of halogens is 1. The van der Waals surface area contributed by atoms with Crippen molar-refractivity contribution in [2.45, 2.75) is 6.92 Å². The molecule has 2 aromatic carbocycles. The van der Waals surface area contributed by atoms with Crippen LogP contribution in [0.3, 0.4) is 0 Å². The number of anilines is 1. The van der Waals surface area contributed by atoms with Crippen LogP contribution in [0.15, 0.2) is 41.5 Å². The Hall–Kier alpha value is -2.78. The van der Waals surface area contributed by atoms with E-state index in [0.717, 1.165) is 10.6 Å². The van der Waals surface area contributed by atoms with Crippen molar-refractivity contribution in [2.75, 3.05) is 31.3 Å². The first-order chi connectivity index (χ1) is 13.7. The van der Waals surface area contributed by atoms with Crippen LogP contribution in [-0.4, -0.2) is 47.6 Å². The molecule has 29 heavy (non-hydrogen) atoms. The third-order valence-corrected chi connectivity index (χ3v) is 5.31. The van der Waals surface area contributed by atoms with Crippen molar-refractivity contribution in [3.05, 3.63) is 52.5 Å². The van der Waals surface area contributed by atoms with E-state index in [1.165, 1.54) is 13.3 Å². The van der Waals surface area contributed by atoms with E-state index in [1.807, 2.05) is 0 Å². The molecule has 1 amide bonds. The first-order valence-electron chi connectivity index (χ1n) is 8.43. The number of nitrogens with one attached hydrogen (secondary N) is 1. The van der Waals surface area contributed by atoms with E-state index in [4.69, 9.17) is 21.1 Å². The zero-order valence-electron chi connectivity index (χ0n) is 16.5. The third kappa shape index (κ3) is 6.10. The van der Waals surface area contributed by atoms with Crippen molar-refractivity contribution < 1.29 is 22.7 Å². The zero-order valence-corrected chi connectivity index (χ0v) is 18.0. The molecule has 156 valence electrons. The van der Waals surface area contributed by atoms with Gasteiger partial charge in [0.25, 0.3) is 5.91 Å². The zero-order chi connectivity index (χ0) is 21.6. The molecule has 0 bridgehead atoms. The standard InChI is InChI=1S/C19H22ClN3O5S/c1-13-9-15(20)6-8-17(13)23(29(4,25)26)12-19(24)22-21-11-14-5-7-16(27-2)10-18(14)28-3/h5-11H,12H2,1-4H3,(H,22,24)/b21-11-. The largest absolute Gasteiger partial charge is 0.497 e. The quantitative estimate of drug-likeness (QED) is 0.503. The molecular weight excluding hydrogens is 418 g/mol. The van der Waals surface area contributed by atoms with Crippen LogP contribution in [0.2, 0.25) is 5.02 Å². The van der Waals surface area contributed by atoms with Gasteiger partial charge in [-0.15, -0.1) is 0 Å². The van der Waals surface area contributed by atoms with Crippen molar-refractivity contribution in [1.29, 1.82) is 0 Å². The van der Waals surface area contributed by atoms with Crippen molar-refractivity contribution in [1.82, 2.24) is 5.43 Å². The molecule has 0 saturated heterocycles. The molecule has 0 aliphatic carbocycles. The van der Waals surface area contributed by atoms with Crippen LogP contribution in [0.5, 0.6) is 11.5 Å². The number of nitrogens with zero attached hydrogens (tertiary/aromatic N) is 2. The number of ether oxygens (including phenoxy) is 2. The van der Waals surface area contributed by atoms with Crippen LogP contribution in [0, 0.1) is 6.92 Å². The Kier molecular flexibility index (Phi) is 7.46. The average molecular weight is 440 g/mol. The molecule has 0 atom stereocenters. The molecule has 0 heterocycles. The van der Waals surface area contributed by atoms with Gasteiger partial charge >= 0.3 is 0 Å². The maximum Gasteiger partial charge on any atom is 0.260 e. The number of hydrazone groups is 1. The Balaban J connectivity index is 2.14. The molecule has 0 unspecified atom stereocenters. The van der Waals surface area contributed by atoms with E-state index in [1.54, 1.807) is 50.4 Å². The van der Waals surface area contributed by atoms with Gasteiger partial charge < -0.3 is 9.47 Å². The number of carbonyl (C=O) groups is 1. The molecule has 10 heteroatoms. The molecule has 0 aromatic heterocycles. The Bertz CT molecular complexity index is 1020. The summed E-state index contributed by atoms with van der Waals surface area (Å²) >= 11 is 5.93. The predicted molar refractivity (Wildman–Crippen MR) is 114 cm³/mol. The molecule has 1 N–H and O–H groups in total. The van der Waals surface area contributed by atoms with Crippen LogP contribution in [0.1, 0.15) is 11.1 Å². The van der Waals surface area contributed by atoms with Gasteiger partial charge in [-0.05, 0) is 42.8 Å². The number of methoxy groups -OCH3 is 2. The molecule has 8 nitrogen and oxygen atoms in total. The fraction of sp³-hybridized carbons (Fsp3) is 0.263. The summed E-state index contributed by atoms with van der Waals surface area (Å²) in [6.45, 7) is 1.28. The highest BCUT2D eigenvalue weighted by atomic mass is 35.5. The minimum atomic E-state index is -3.70.